The summed E-state index contributed by atoms with van der Waals surface area (Å²) in [6, 6.07) is 0. The second kappa shape index (κ2) is 6.38. The van der Waals surface area contributed by atoms with Crippen molar-refractivity contribution in [2.75, 3.05) is 19.8 Å². The van der Waals surface area contributed by atoms with Gasteiger partial charge in [0, 0.05) is 13.2 Å². The highest BCUT2D eigenvalue weighted by molar-refractivity contribution is 4.76. The zero-order valence-electron chi connectivity index (χ0n) is 10.2. The Morgan fingerprint density at radius 3 is 2.21 bits per heavy atom. The van der Waals surface area contributed by atoms with Gasteiger partial charge in [-0.1, -0.05) is 20.8 Å². The van der Waals surface area contributed by atoms with Crippen LogP contribution in [0.2, 0.25) is 0 Å². The molecule has 14 heavy (non-hydrogen) atoms. The van der Waals surface area contributed by atoms with Crippen LogP contribution in [-0.2, 0) is 9.47 Å². The number of hydrogen-bond acceptors (Lipinski definition) is 3. The molecular formula is C11H25NO2. The Hall–Kier alpha value is -0.120. The first-order valence-corrected chi connectivity index (χ1v) is 5.35. The maximum atomic E-state index is 5.82. The van der Waals surface area contributed by atoms with Crippen molar-refractivity contribution in [3.8, 4) is 0 Å². The lowest BCUT2D eigenvalue weighted by atomic mass is 9.89. The molecule has 0 bridgehead atoms. The molecule has 2 unspecified atom stereocenters. The fourth-order valence-corrected chi connectivity index (χ4v) is 1.22. The molecule has 0 saturated carbocycles. The van der Waals surface area contributed by atoms with Gasteiger partial charge in [0.15, 0.2) is 0 Å². The van der Waals surface area contributed by atoms with Crippen molar-refractivity contribution in [1.82, 2.24) is 0 Å². The van der Waals surface area contributed by atoms with Crippen LogP contribution in [0, 0.1) is 5.41 Å². The van der Waals surface area contributed by atoms with E-state index >= 15 is 0 Å². The third-order valence-corrected chi connectivity index (χ3v) is 2.13. The summed E-state index contributed by atoms with van der Waals surface area (Å²) in [5, 5.41) is 0. The van der Waals surface area contributed by atoms with Crippen LogP contribution in [0.1, 0.15) is 34.6 Å². The van der Waals surface area contributed by atoms with Crippen LogP contribution in [0.15, 0.2) is 0 Å². The highest BCUT2D eigenvalue weighted by atomic mass is 16.5. The fourth-order valence-electron chi connectivity index (χ4n) is 1.22. The summed E-state index contributed by atoms with van der Waals surface area (Å²) in [7, 11) is 0. The summed E-state index contributed by atoms with van der Waals surface area (Å²) in [5.41, 5.74) is 5.76. The van der Waals surface area contributed by atoms with Crippen LogP contribution >= 0.6 is 0 Å². The van der Waals surface area contributed by atoms with Crippen molar-refractivity contribution in [3.63, 3.8) is 0 Å². The van der Waals surface area contributed by atoms with Crippen molar-refractivity contribution in [2.24, 2.45) is 11.1 Å². The van der Waals surface area contributed by atoms with E-state index in [9.17, 15) is 0 Å². The van der Waals surface area contributed by atoms with Crippen LogP contribution < -0.4 is 5.73 Å². The minimum atomic E-state index is 0.0925. The second-order valence-electron chi connectivity index (χ2n) is 4.70. The lowest BCUT2D eigenvalue weighted by Gasteiger charge is -2.32. The average Bonchev–Trinajstić information content (AvgIpc) is 2.08. The Morgan fingerprint density at radius 2 is 1.86 bits per heavy atom. The average molecular weight is 203 g/mol. The molecule has 86 valence electrons. The van der Waals surface area contributed by atoms with E-state index in [1.54, 1.807) is 0 Å². The zero-order valence-corrected chi connectivity index (χ0v) is 10.2. The van der Waals surface area contributed by atoms with Gasteiger partial charge in [0.05, 0.1) is 18.8 Å². The van der Waals surface area contributed by atoms with E-state index in [0.717, 1.165) is 6.61 Å². The smallest absolute Gasteiger partial charge is 0.0785 e. The molecule has 3 heteroatoms. The van der Waals surface area contributed by atoms with Gasteiger partial charge in [0.1, 0.15) is 0 Å². The molecule has 3 nitrogen and oxygen atoms in total. The molecule has 0 aliphatic rings. The van der Waals surface area contributed by atoms with Crippen LogP contribution in [0.3, 0.4) is 0 Å². The van der Waals surface area contributed by atoms with E-state index in [4.69, 9.17) is 15.2 Å². The number of nitrogens with two attached hydrogens (primary N) is 1. The molecule has 0 heterocycles. The van der Waals surface area contributed by atoms with Crippen molar-refractivity contribution in [1.29, 1.82) is 0 Å². The van der Waals surface area contributed by atoms with E-state index in [1.165, 1.54) is 0 Å². The summed E-state index contributed by atoms with van der Waals surface area (Å²) in [6.07, 6.45) is 0.209. The molecule has 0 rings (SSSR count). The maximum Gasteiger partial charge on any atom is 0.0785 e. The molecule has 0 aliphatic carbocycles. The first-order chi connectivity index (χ1) is 6.41. The monoisotopic (exact) mass is 203 g/mol. The normalized spacial score (nSPS) is 16.7. The molecule has 0 fully saturated rings. The zero-order chi connectivity index (χ0) is 11.2. The molecule has 0 radical (unpaired) electrons. The van der Waals surface area contributed by atoms with Crippen LogP contribution in [0.5, 0.6) is 0 Å². The van der Waals surface area contributed by atoms with E-state index in [1.807, 2.05) is 13.8 Å². The van der Waals surface area contributed by atoms with Gasteiger partial charge >= 0.3 is 0 Å². The maximum absolute atomic E-state index is 5.82. The van der Waals surface area contributed by atoms with Crippen LogP contribution in [-0.4, -0.2) is 32.0 Å². The van der Waals surface area contributed by atoms with Crippen molar-refractivity contribution < 1.29 is 9.47 Å². The van der Waals surface area contributed by atoms with Gasteiger partial charge in [-0.2, -0.15) is 0 Å². The lowest BCUT2D eigenvalue weighted by molar-refractivity contribution is -0.0817. The van der Waals surface area contributed by atoms with Gasteiger partial charge in [0.25, 0.3) is 0 Å². The first-order valence-electron chi connectivity index (χ1n) is 5.35. The Bertz CT molecular complexity index is 143. The Kier molecular flexibility index (Phi) is 6.33. The van der Waals surface area contributed by atoms with E-state index < -0.39 is 0 Å². The van der Waals surface area contributed by atoms with Crippen LogP contribution in [0.4, 0.5) is 0 Å². The summed E-state index contributed by atoms with van der Waals surface area (Å²) in [5.74, 6) is 0. The topological polar surface area (TPSA) is 44.5 Å². The summed E-state index contributed by atoms with van der Waals surface area (Å²) in [4.78, 5) is 0. The molecule has 2 atom stereocenters. The predicted molar refractivity (Wildman–Crippen MR) is 59.3 cm³/mol. The molecule has 0 amide bonds. The van der Waals surface area contributed by atoms with Crippen LogP contribution in [0.25, 0.3) is 0 Å². The molecule has 0 aromatic heterocycles. The first kappa shape index (κ1) is 13.9. The van der Waals surface area contributed by atoms with Crippen molar-refractivity contribution in [3.05, 3.63) is 0 Å². The minimum Gasteiger partial charge on any atom is -0.379 e. The molecular weight excluding hydrogens is 178 g/mol. The third kappa shape index (κ3) is 5.58. The third-order valence-electron chi connectivity index (χ3n) is 2.13. The molecule has 0 spiro atoms. The van der Waals surface area contributed by atoms with Gasteiger partial charge < -0.3 is 15.2 Å². The molecule has 0 aromatic carbocycles. The number of hydrogen-bond donors (Lipinski definition) is 1. The van der Waals surface area contributed by atoms with E-state index in [2.05, 4.69) is 20.8 Å². The number of ether oxygens (including phenoxy) is 2. The molecule has 0 aliphatic heterocycles. The van der Waals surface area contributed by atoms with E-state index in [0.29, 0.717) is 13.2 Å². The molecule has 0 saturated heterocycles. The van der Waals surface area contributed by atoms with Gasteiger partial charge in [-0.3, -0.25) is 0 Å². The van der Waals surface area contributed by atoms with Crippen molar-refractivity contribution in [2.45, 2.75) is 46.8 Å². The highest BCUT2D eigenvalue weighted by Gasteiger charge is 2.25. The van der Waals surface area contributed by atoms with Gasteiger partial charge in [-0.15, -0.1) is 0 Å². The lowest BCUT2D eigenvalue weighted by Crippen LogP contribution is -2.39. The second-order valence-corrected chi connectivity index (χ2v) is 4.70. The highest BCUT2D eigenvalue weighted by Crippen LogP contribution is 2.22. The predicted octanol–water partition coefficient (Wildman–Crippen LogP) is 1.80. The Morgan fingerprint density at radius 1 is 1.29 bits per heavy atom. The quantitative estimate of drug-likeness (QED) is 0.716. The molecule has 0 aromatic rings. The van der Waals surface area contributed by atoms with Gasteiger partial charge in [-0.25, -0.2) is 0 Å². The van der Waals surface area contributed by atoms with Crippen molar-refractivity contribution >= 4 is 0 Å². The standard InChI is InChI=1S/C11H25NO2/c1-6-13-8-9(2)14-10(7-12)11(3,4)5/h9-10H,6-8,12H2,1-5H3. The minimum absolute atomic E-state index is 0.0925. The summed E-state index contributed by atoms with van der Waals surface area (Å²) >= 11 is 0. The molecule has 2 N–H and O–H groups in total. The van der Waals surface area contributed by atoms with E-state index in [-0.39, 0.29) is 17.6 Å². The van der Waals surface area contributed by atoms with Gasteiger partial charge in [-0.05, 0) is 19.3 Å². The Balaban J connectivity index is 3.93. The van der Waals surface area contributed by atoms with Gasteiger partial charge in [0.2, 0.25) is 0 Å². The largest absolute Gasteiger partial charge is 0.379 e. The summed E-state index contributed by atoms with van der Waals surface area (Å²) in [6.45, 7) is 12.3. The summed E-state index contributed by atoms with van der Waals surface area (Å²) < 4.78 is 11.1. The number of rotatable bonds is 6. The SMILES string of the molecule is CCOCC(C)OC(CN)C(C)(C)C. The Labute approximate surface area is 88.0 Å². The fraction of sp³-hybridized carbons (Fsp3) is 1.00.